The Kier molecular flexibility index (Phi) is 5.49. The molecule has 1 aliphatic heterocycles. The van der Waals surface area contributed by atoms with Crippen molar-refractivity contribution in [1.82, 2.24) is 20.4 Å². The van der Waals surface area contributed by atoms with Gasteiger partial charge in [0.05, 0.1) is 5.02 Å². The molecule has 1 amide bonds. The van der Waals surface area contributed by atoms with Gasteiger partial charge in [-0.05, 0) is 58.7 Å². The van der Waals surface area contributed by atoms with E-state index in [2.05, 4.69) is 43.4 Å². The van der Waals surface area contributed by atoms with E-state index in [1.54, 1.807) is 29.1 Å². The molecule has 7 heteroatoms. The number of halogens is 1. The van der Waals surface area contributed by atoms with Crippen molar-refractivity contribution >= 4 is 17.5 Å². The SMILES string of the molecule is CC1(C)CC(NC(=O)c2ccn(COc3ccccc3Cl)n2)CC(C)(C)N1. The van der Waals surface area contributed by atoms with Gasteiger partial charge in [-0.2, -0.15) is 5.10 Å². The lowest BCUT2D eigenvalue weighted by Gasteiger charge is -2.46. The summed E-state index contributed by atoms with van der Waals surface area (Å²) in [6, 6.07) is 9.05. The van der Waals surface area contributed by atoms with Crippen molar-refractivity contribution < 1.29 is 9.53 Å². The predicted molar refractivity (Wildman–Crippen MR) is 106 cm³/mol. The van der Waals surface area contributed by atoms with Crippen molar-refractivity contribution in [2.75, 3.05) is 0 Å². The summed E-state index contributed by atoms with van der Waals surface area (Å²) in [5.41, 5.74) is 0.330. The molecule has 1 aromatic carbocycles. The third-order valence-electron chi connectivity index (χ3n) is 4.59. The molecule has 0 radical (unpaired) electrons. The Hall–Kier alpha value is -2.05. The van der Waals surface area contributed by atoms with Gasteiger partial charge in [0.15, 0.2) is 6.73 Å². The lowest BCUT2D eigenvalue weighted by atomic mass is 9.79. The molecule has 0 saturated carbocycles. The summed E-state index contributed by atoms with van der Waals surface area (Å²) in [6.45, 7) is 8.83. The Balaban J connectivity index is 1.59. The van der Waals surface area contributed by atoms with Crippen LogP contribution < -0.4 is 15.4 Å². The molecule has 0 aliphatic carbocycles. The Morgan fingerprint density at radius 1 is 1.26 bits per heavy atom. The maximum absolute atomic E-state index is 12.6. The molecule has 6 nitrogen and oxygen atoms in total. The van der Waals surface area contributed by atoms with Crippen LogP contribution >= 0.6 is 11.6 Å². The fourth-order valence-electron chi connectivity index (χ4n) is 3.94. The summed E-state index contributed by atoms with van der Waals surface area (Å²) < 4.78 is 7.23. The van der Waals surface area contributed by atoms with Crippen LogP contribution in [0.4, 0.5) is 0 Å². The van der Waals surface area contributed by atoms with Gasteiger partial charge in [0.2, 0.25) is 0 Å². The Morgan fingerprint density at radius 2 is 1.93 bits per heavy atom. The zero-order valence-corrected chi connectivity index (χ0v) is 17.0. The topological polar surface area (TPSA) is 68.2 Å². The van der Waals surface area contributed by atoms with Crippen LogP contribution in [0.15, 0.2) is 36.5 Å². The van der Waals surface area contributed by atoms with Crippen molar-refractivity contribution in [1.29, 1.82) is 0 Å². The second-order valence-corrected chi connectivity index (χ2v) is 8.82. The number of hydrogen-bond donors (Lipinski definition) is 2. The maximum Gasteiger partial charge on any atom is 0.271 e. The summed E-state index contributed by atoms with van der Waals surface area (Å²) in [4.78, 5) is 12.6. The van der Waals surface area contributed by atoms with E-state index in [1.165, 1.54) is 0 Å². The third kappa shape index (κ3) is 5.23. The zero-order valence-electron chi connectivity index (χ0n) is 16.3. The molecule has 2 aromatic rings. The van der Waals surface area contributed by atoms with E-state index in [4.69, 9.17) is 16.3 Å². The number of benzene rings is 1. The highest BCUT2D eigenvalue weighted by atomic mass is 35.5. The molecule has 1 aliphatic rings. The summed E-state index contributed by atoms with van der Waals surface area (Å²) >= 11 is 6.08. The molecule has 0 atom stereocenters. The smallest absolute Gasteiger partial charge is 0.271 e. The van der Waals surface area contributed by atoms with Gasteiger partial charge in [0.1, 0.15) is 11.4 Å². The van der Waals surface area contributed by atoms with Crippen molar-refractivity contribution in [3.8, 4) is 5.75 Å². The largest absolute Gasteiger partial charge is 0.470 e. The van der Waals surface area contributed by atoms with E-state index in [1.807, 2.05) is 12.1 Å². The van der Waals surface area contributed by atoms with Gasteiger partial charge in [-0.1, -0.05) is 23.7 Å². The number of para-hydroxylation sites is 1. The number of nitrogens with one attached hydrogen (secondary N) is 2. The van der Waals surface area contributed by atoms with E-state index in [0.717, 1.165) is 12.8 Å². The molecule has 1 fully saturated rings. The number of nitrogens with zero attached hydrogens (tertiary/aromatic N) is 2. The molecule has 146 valence electrons. The minimum atomic E-state index is -0.162. The molecular weight excluding hydrogens is 364 g/mol. The molecule has 27 heavy (non-hydrogen) atoms. The van der Waals surface area contributed by atoms with Crippen LogP contribution in [-0.4, -0.2) is 32.8 Å². The molecule has 3 rings (SSSR count). The number of carbonyl (C=O) groups excluding carboxylic acids is 1. The van der Waals surface area contributed by atoms with Crippen LogP contribution in [0.5, 0.6) is 5.75 Å². The highest BCUT2D eigenvalue weighted by Gasteiger charge is 2.38. The first-order valence-electron chi connectivity index (χ1n) is 9.15. The van der Waals surface area contributed by atoms with Crippen molar-refractivity contribution in [2.45, 2.75) is 64.4 Å². The van der Waals surface area contributed by atoms with Gasteiger partial charge in [-0.15, -0.1) is 0 Å². The van der Waals surface area contributed by atoms with Gasteiger partial charge < -0.3 is 15.4 Å². The first kappa shape index (κ1) is 19.7. The average molecular weight is 391 g/mol. The summed E-state index contributed by atoms with van der Waals surface area (Å²) in [5.74, 6) is 0.421. The van der Waals surface area contributed by atoms with Crippen LogP contribution in [0, 0.1) is 0 Å². The fraction of sp³-hybridized carbons (Fsp3) is 0.500. The quantitative estimate of drug-likeness (QED) is 0.818. The number of ether oxygens (including phenoxy) is 1. The summed E-state index contributed by atoms with van der Waals surface area (Å²) in [7, 11) is 0. The van der Waals surface area contributed by atoms with Crippen LogP contribution in [-0.2, 0) is 6.73 Å². The number of carbonyl (C=O) groups is 1. The fourth-order valence-corrected chi connectivity index (χ4v) is 4.13. The highest BCUT2D eigenvalue weighted by molar-refractivity contribution is 6.32. The number of piperidine rings is 1. The first-order valence-corrected chi connectivity index (χ1v) is 9.52. The van der Waals surface area contributed by atoms with E-state index in [-0.39, 0.29) is 29.8 Å². The third-order valence-corrected chi connectivity index (χ3v) is 4.90. The Bertz CT molecular complexity index is 800. The number of aromatic nitrogens is 2. The van der Waals surface area contributed by atoms with E-state index in [0.29, 0.717) is 16.5 Å². The molecular formula is C20H27ClN4O2. The molecule has 2 heterocycles. The monoisotopic (exact) mass is 390 g/mol. The zero-order chi connectivity index (χ0) is 19.7. The molecule has 2 N–H and O–H groups in total. The number of amides is 1. The minimum absolute atomic E-state index is 0.0259. The van der Waals surface area contributed by atoms with Gasteiger partial charge in [0.25, 0.3) is 5.91 Å². The van der Waals surface area contributed by atoms with Crippen LogP contribution in [0.2, 0.25) is 5.02 Å². The summed E-state index contributed by atoms with van der Waals surface area (Å²) in [6.07, 6.45) is 3.47. The van der Waals surface area contributed by atoms with Crippen molar-refractivity contribution in [3.63, 3.8) is 0 Å². The predicted octanol–water partition coefficient (Wildman–Crippen LogP) is 3.61. The number of hydrogen-bond acceptors (Lipinski definition) is 4. The maximum atomic E-state index is 12.6. The first-order chi connectivity index (χ1) is 12.6. The van der Waals surface area contributed by atoms with E-state index < -0.39 is 0 Å². The van der Waals surface area contributed by atoms with Crippen molar-refractivity contribution in [3.05, 3.63) is 47.2 Å². The second kappa shape index (κ2) is 7.52. The minimum Gasteiger partial charge on any atom is -0.470 e. The second-order valence-electron chi connectivity index (χ2n) is 8.42. The molecule has 0 bridgehead atoms. The summed E-state index contributed by atoms with van der Waals surface area (Å²) in [5, 5.41) is 11.6. The van der Waals surface area contributed by atoms with Gasteiger partial charge in [0, 0.05) is 23.3 Å². The highest BCUT2D eigenvalue weighted by Crippen LogP contribution is 2.28. The lowest BCUT2D eigenvalue weighted by molar-refractivity contribution is 0.0866. The van der Waals surface area contributed by atoms with Crippen LogP contribution in [0.25, 0.3) is 0 Å². The van der Waals surface area contributed by atoms with Gasteiger partial charge in [-0.25, -0.2) is 4.68 Å². The Labute approximate surface area is 165 Å². The van der Waals surface area contributed by atoms with E-state index in [9.17, 15) is 4.79 Å². The average Bonchev–Trinajstić information content (AvgIpc) is 3.00. The molecule has 1 saturated heterocycles. The molecule has 0 spiro atoms. The van der Waals surface area contributed by atoms with Crippen LogP contribution in [0.1, 0.15) is 51.0 Å². The number of rotatable bonds is 5. The molecule has 0 unspecified atom stereocenters. The normalized spacial score (nSPS) is 18.9. The molecule has 1 aromatic heterocycles. The lowest BCUT2D eigenvalue weighted by Crippen LogP contribution is -2.62. The Morgan fingerprint density at radius 3 is 2.59 bits per heavy atom. The van der Waals surface area contributed by atoms with E-state index >= 15 is 0 Å². The van der Waals surface area contributed by atoms with Gasteiger partial charge in [-0.3, -0.25) is 4.79 Å². The standard InChI is InChI=1S/C20H27ClN4O2/c1-19(2)11-14(12-20(3,4)24-19)22-18(26)16-9-10-25(23-16)13-27-17-8-6-5-7-15(17)21/h5-10,14,24H,11-13H2,1-4H3,(H,22,26). The van der Waals surface area contributed by atoms with Gasteiger partial charge >= 0.3 is 0 Å². The van der Waals surface area contributed by atoms with Crippen molar-refractivity contribution in [2.24, 2.45) is 0 Å². The van der Waals surface area contributed by atoms with Crippen LogP contribution in [0.3, 0.4) is 0 Å².